The minimum Gasteiger partial charge on any atom is -0.103 e. The number of unbranched alkanes of at least 4 members (excludes halogenated alkanes) is 2. The first kappa shape index (κ1) is 12.5. The van der Waals surface area contributed by atoms with E-state index in [1.165, 1.54) is 37.7 Å². The summed E-state index contributed by atoms with van der Waals surface area (Å²) in [5.74, 6) is 0.847. The predicted molar refractivity (Wildman–Crippen MR) is 61.9 cm³/mol. The molecule has 0 saturated heterocycles. The molecular weight excluding hydrogens is 156 g/mol. The van der Waals surface area contributed by atoms with Crippen molar-refractivity contribution < 1.29 is 0 Å². The van der Waals surface area contributed by atoms with Crippen molar-refractivity contribution in [2.75, 3.05) is 0 Å². The fourth-order valence-electron chi connectivity index (χ4n) is 1.34. The summed E-state index contributed by atoms with van der Waals surface area (Å²) in [4.78, 5) is 0. The van der Waals surface area contributed by atoms with Gasteiger partial charge in [-0.2, -0.15) is 0 Å². The summed E-state index contributed by atoms with van der Waals surface area (Å²) in [6, 6.07) is 0. The van der Waals surface area contributed by atoms with Crippen molar-refractivity contribution in [2.45, 2.75) is 52.9 Å². The van der Waals surface area contributed by atoms with Crippen LogP contribution < -0.4 is 0 Å². The smallest absolute Gasteiger partial charge is 0.0322 e. The molecule has 1 atom stereocenters. The summed E-state index contributed by atoms with van der Waals surface area (Å²) in [5, 5.41) is 0. The van der Waals surface area contributed by atoms with Crippen LogP contribution in [0.5, 0.6) is 0 Å². The molecule has 0 aliphatic carbocycles. The Labute approximate surface area is 83.7 Å². The zero-order valence-electron chi connectivity index (χ0n) is 9.47. The van der Waals surface area contributed by atoms with E-state index in [0.29, 0.717) is 0 Å². The molecule has 0 radical (unpaired) electrons. The van der Waals surface area contributed by atoms with E-state index in [1.54, 1.807) is 0 Å². The van der Waals surface area contributed by atoms with Crippen LogP contribution in [-0.2, 0) is 0 Å². The van der Waals surface area contributed by atoms with Crippen molar-refractivity contribution in [3.63, 3.8) is 0 Å². The summed E-state index contributed by atoms with van der Waals surface area (Å²) < 4.78 is 0. The van der Waals surface area contributed by atoms with Gasteiger partial charge in [-0.3, -0.25) is 0 Å². The molecule has 0 aromatic rings. The lowest BCUT2D eigenvalue weighted by molar-refractivity contribution is 0.504. The second-order valence-corrected chi connectivity index (χ2v) is 4.20. The van der Waals surface area contributed by atoms with Crippen molar-refractivity contribution in [1.82, 2.24) is 0 Å². The highest BCUT2D eigenvalue weighted by Crippen LogP contribution is 2.14. The lowest BCUT2D eigenvalue weighted by atomic mass is 9.99. The Hall–Kier alpha value is -0.520. The highest BCUT2D eigenvalue weighted by Gasteiger charge is 1.98. The Morgan fingerprint density at radius 3 is 2.54 bits per heavy atom. The highest BCUT2D eigenvalue weighted by molar-refractivity contribution is 4.93. The van der Waals surface area contributed by atoms with Gasteiger partial charge in [0.05, 0.1) is 0 Å². The van der Waals surface area contributed by atoms with E-state index < -0.39 is 0 Å². The van der Waals surface area contributed by atoms with E-state index >= 15 is 0 Å². The number of allylic oxidation sites excluding steroid dienone is 3. The minimum absolute atomic E-state index is 0.847. The van der Waals surface area contributed by atoms with Crippen LogP contribution in [0.4, 0.5) is 0 Å². The van der Waals surface area contributed by atoms with Crippen LogP contribution in [0.15, 0.2) is 24.3 Å². The van der Waals surface area contributed by atoms with E-state index in [-0.39, 0.29) is 0 Å². The summed E-state index contributed by atoms with van der Waals surface area (Å²) in [6.45, 7) is 10.4. The summed E-state index contributed by atoms with van der Waals surface area (Å²) >= 11 is 0. The number of rotatable bonds is 7. The van der Waals surface area contributed by atoms with Gasteiger partial charge in [0.15, 0.2) is 0 Å². The normalized spacial score (nSPS) is 12.2. The van der Waals surface area contributed by atoms with Crippen molar-refractivity contribution >= 4 is 0 Å². The van der Waals surface area contributed by atoms with E-state index in [2.05, 4.69) is 33.4 Å². The van der Waals surface area contributed by atoms with Crippen molar-refractivity contribution in [2.24, 2.45) is 5.92 Å². The second-order valence-electron chi connectivity index (χ2n) is 4.20. The van der Waals surface area contributed by atoms with Gasteiger partial charge in [-0.15, -0.1) is 6.58 Å². The average Bonchev–Trinajstić information content (AvgIpc) is 2.09. The second kappa shape index (κ2) is 8.10. The first-order chi connectivity index (χ1) is 6.16. The highest BCUT2D eigenvalue weighted by atomic mass is 14.0. The van der Waals surface area contributed by atoms with Gasteiger partial charge >= 0.3 is 0 Å². The molecule has 0 aromatic heterocycles. The van der Waals surface area contributed by atoms with Crippen LogP contribution in [0.25, 0.3) is 0 Å². The molecule has 0 N–H and O–H groups in total. The molecule has 0 aliphatic heterocycles. The maximum atomic E-state index is 3.73. The Morgan fingerprint density at radius 2 is 2.00 bits per heavy atom. The maximum absolute atomic E-state index is 3.73. The molecule has 0 saturated carbocycles. The van der Waals surface area contributed by atoms with Gasteiger partial charge in [0.25, 0.3) is 0 Å². The molecule has 0 spiro atoms. The van der Waals surface area contributed by atoms with E-state index in [9.17, 15) is 0 Å². The average molecular weight is 180 g/mol. The van der Waals surface area contributed by atoms with Crippen LogP contribution in [-0.4, -0.2) is 0 Å². The van der Waals surface area contributed by atoms with Crippen LogP contribution in [0.1, 0.15) is 52.9 Å². The quantitative estimate of drug-likeness (QED) is 0.392. The summed E-state index contributed by atoms with van der Waals surface area (Å²) in [5.41, 5.74) is 1.44. The fourth-order valence-corrected chi connectivity index (χ4v) is 1.34. The van der Waals surface area contributed by atoms with Gasteiger partial charge in [0.2, 0.25) is 0 Å². The minimum atomic E-state index is 0.847. The fraction of sp³-hybridized carbons (Fsp3) is 0.692. The summed E-state index contributed by atoms with van der Waals surface area (Å²) in [7, 11) is 0. The zero-order chi connectivity index (χ0) is 10.1. The van der Waals surface area contributed by atoms with Crippen molar-refractivity contribution in [1.29, 1.82) is 0 Å². The van der Waals surface area contributed by atoms with E-state index in [1.807, 2.05) is 6.08 Å². The van der Waals surface area contributed by atoms with Crippen LogP contribution in [0, 0.1) is 5.92 Å². The molecular formula is C13H24. The van der Waals surface area contributed by atoms with Gasteiger partial charge in [0.1, 0.15) is 0 Å². The molecule has 76 valence electrons. The van der Waals surface area contributed by atoms with Gasteiger partial charge < -0.3 is 0 Å². The lowest BCUT2D eigenvalue weighted by Gasteiger charge is -2.07. The molecule has 0 aromatic carbocycles. The Morgan fingerprint density at radius 1 is 1.31 bits per heavy atom. The standard InChI is InChI=1S/C13H24/c1-5-6-7-8-9-13(4)11-10-12(2)3/h5,10,13H,1,6-9,11H2,2-4H3. The molecule has 0 amide bonds. The van der Waals surface area contributed by atoms with Crippen LogP contribution in [0.3, 0.4) is 0 Å². The third-order valence-electron chi connectivity index (χ3n) is 2.28. The number of hydrogen-bond acceptors (Lipinski definition) is 0. The van der Waals surface area contributed by atoms with Crippen molar-refractivity contribution in [3.8, 4) is 0 Å². The third kappa shape index (κ3) is 9.39. The largest absolute Gasteiger partial charge is 0.103 e. The molecule has 0 rings (SSSR count). The van der Waals surface area contributed by atoms with Crippen LogP contribution >= 0.6 is 0 Å². The van der Waals surface area contributed by atoms with Crippen molar-refractivity contribution in [3.05, 3.63) is 24.3 Å². The molecule has 0 heterocycles. The van der Waals surface area contributed by atoms with Crippen LogP contribution in [0.2, 0.25) is 0 Å². The zero-order valence-corrected chi connectivity index (χ0v) is 9.47. The molecule has 0 aliphatic rings. The lowest BCUT2D eigenvalue weighted by Crippen LogP contribution is -1.92. The van der Waals surface area contributed by atoms with E-state index in [0.717, 1.165) is 5.92 Å². The Kier molecular flexibility index (Phi) is 7.77. The molecule has 1 unspecified atom stereocenters. The summed E-state index contributed by atoms with van der Waals surface area (Å²) in [6.07, 6.45) is 10.8. The molecule has 0 bridgehead atoms. The Balaban J connectivity index is 3.35. The first-order valence-electron chi connectivity index (χ1n) is 5.41. The molecule has 0 fully saturated rings. The van der Waals surface area contributed by atoms with Gasteiger partial charge in [-0.25, -0.2) is 0 Å². The number of hydrogen-bond donors (Lipinski definition) is 0. The third-order valence-corrected chi connectivity index (χ3v) is 2.28. The topological polar surface area (TPSA) is 0 Å². The SMILES string of the molecule is C=CCCCCC(C)CC=C(C)C. The van der Waals surface area contributed by atoms with Gasteiger partial charge in [0, 0.05) is 0 Å². The predicted octanol–water partition coefficient (Wildman–Crippen LogP) is 4.73. The molecule has 13 heavy (non-hydrogen) atoms. The van der Waals surface area contributed by atoms with Gasteiger partial charge in [-0.05, 0) is 39.0 Å². The van der Waals surface area contributed by atoms with E-state index in [4.69, 9.17) is 0 Å². The molecule has 0 heteroatoms. The molecule has 0 nitrogen and oxygen atoms in total. The van der Waals surface area contributed by atoms with Gasteiger partial charge in [-0.1, -0.05) is 37.5 Å². The first-order valence-corrected chi connectivity index (χ1v) is 5.41. The monoisotopic (exact) mass is 180 g/mol. The maximum Gasteiger partial charge on any atom is -0.0322 e. The Bertz CT molecular complexity index is 149.